The molecule has 0 radical (unpaired) electrons. The largest absolute Gasteiger partial charge is 0.504 e. The molecule has 2 heterocycles. The minimum atomic E-state index is -0.797. The molecule has 2 N–H and O–H groups in total. The summed E-state index contributed by atoms with van der Waals surface area (Å²) in [5, 5.41) is 23.8. The van der Waals surface area contributed by atoms with Crippen LogP contribution in [-0.4, -0.2) is 70.0 Å². The lowest BCUT2D eigenvalue weighted by atomic mass is 9.48. The molecule has 2 saturated carbocycles. The fourth-order valence-corrected chi connectivity index (χ4v) is 9.33. The number of phenols is 1. The van der Waals surface area contributed by atoms with Gasteiger partial charge in [0, 0.05) is 30.7 Å². The maximum Gasteiger partial charge on any atom is 0.165 e. The van der Waals surface area contributed by atoms with Crippen molar-refractivity contribution in [1.29, 1.82) is 0 Å². The van der Waals surface area contributed by atoms with E-state index >= 15 is 0 Å². The Morgan fingerprint density at radius 3 is 2.49 bits per heavy atom. The lowest BCUT2D eigenvalue weighted by molar-refractivity contribution is -0.201. The van der Waals surface area contributed by atoms with Crippen LogP contribution in [0.4, 0.5) is 0 Å². The quantitative estimate of drug-likeness (QED) is 0.249. The van der Waals surface area contributed by atoms with E-state index in [0.717, 1.165) is 63.3 Å². The van der Waals surface area contributed by atoms with Crippen LogP contribution in [0, 0.1) is 11.8 Å². The Hall–Kier alpha value is -1.50. The first-order chi connectivity index (χ1) is 19.9. The maximum atomic E-state index is 12.8. The van der Waals surface area contributed by atoms with Gasteiger partial charge in [-0.1, -0.05) is 63.1 Å². The number of aromatic hydroxyl groups is 1. The molecule has 2 aromatic rings. The Balaban J connectivity index is 0.00000184. The van der Waals surface area contributed by atoms with Crippen molar-refractivity contribution in [3.05, 3.63) is 59.2 Å². The van der Waals surface area contributed by atoms with E-state index in [2.05, 4.69) is 60.0 Å². The van der Waals surface area contributed by atoms with Gasteiger partial charge >= 0.3 is 0 Å². The number of phenolic OH excluding ortho intramolecular Hbond substituents is 1. The second-order valence-electron chi connectivity index (χ2n) is 14.4. The molecule has 1 saturated heterocycles. The summed E-state index contributed by atoms with van der Waals surface area (Å²) in [6, 6.07) is 15.2. The molecule has 1 spiro atoms. The summed E-state index contributed by atoms with van der Waals surface area (Å²) in [6.45, 7) is 8.93. The molecule has 3 aliphatic carbocycles. The molecule has 5 atom stereocenters. The van der Waals surface area contributed by atoms with E-state index in [0.29, 0.717) is 11.7 Å². The average molecular weight is 632 g/mol. The first kappa shape index (κ1) is 32.9. The highest BCUT2D eigenvalue weighted by molar-refractivity contribution is 5.85. The molecule has 0 amide bonds. The zero-order chi connectivity index (χ0) is 28.2. The highest BCUT2D eigenvalue weighted by Gasteiger charge is 2.73. The predicted octanol–water partition coefficient (Wildman–Crippen LogP) is 6.93. The van der Waals surface area contributed by atoms with Gasteiger partial charge in [-0.05, 0) is 99.9 Å². The third-order valence-electron chi connectivity index (χ3n) is 11.3. The van der Waals surface area contributed by atoms with E-state index in [1.165, 1.54) is 56.1 Å². The van der Waals surface area contributed by atoms with Gasteiger partial charge in [0.2, 0.25) is 0 Å². The Kier molecular flexibility index (Phi) is 10.0. The van der Waals surface area contributed by atoms with E-state index in [9.17, 15) is 10.2 Å². The van der Waals surface area contributed by atoms with Crippen LogP contribution in [0.15, 0.2) is 42.5 Å². The SMILES string of the molecule is CC(C)CN(CCCCCCc1ccccc1)[C@@H]1CC[C@@]2(O)[C@H]3Cc4ccc(O)c5c4[C@@]2(CCN3CC2CC2)[C@H]1O5.Cl.Cl. The minimum Gasteiger partial charge on any atom is -0.504 e. The predicted molar refractivity (Wildman–Crippen MR) is 178 cm³/mol. The molecule has 2 bridgehead atoms. The van der Waals surface area contributed by atoms with Crippen molar-refractivity contribution in [3.8, 4) is 11.5 Å². The number of halogens is 2. The number of unbranched alkanes of at least 4 members (excludes halogenated alkanes) is 3. The second kappa shape index (κ2) is 13.1. The van der Waals surface area contributed by atoms with E-state index in [4.69, 9.17) is 4.74 Å². The highest BCUT2D eigenvalue weighted by Crippen LogP contribution is 2.66. The first-order valence-corrected chi connectivity index (χ1v) is 16.7. The lowest BCUT2D eigenvalue weighted by Crippen LogP contribution is -2.78. The standard InChI is InChI=1S/C36H50N2O3.2ClH/c1-25(2)23-37(20-9-4-3-6-10-26-11-7-5-8-12-26)29-17-18-36(40)31-22-28-15-16-30(39)33-32(28)35(36,34(29)41-33)19-21-38(31)24-27-13-14-27;;/h5,7-8,11-12,15-16,25,27,29,31,34,39-40H,3-4,6,9-10,13-14,17-24H2,1-2H3;2*1H/t29-,31-,34+,35+,36-;;/m1../s1. The van der Waals surface area contributed by atoms with Gasteiger partial charge in [-0.3, -0.25) is 9.80 Å². The molecular formula is C36H52Cl2N2O3. The molecule has 238 valence electrons. The van der Waals surface area contributed by atoms with Gasteiger partial charge in [-0.15, -0.1) is 24.8 Å². The lowest BCUT2D eigenvalue weighted by Gasteiger charge is -2.65. The normalized spacial score (nSPS) is 30.4. The maximum absolute atomic E-state index is 12.8. The van der Waals surface area contributed by atoms with E-state index in [1.54, 1.807) is 0 Å². The number of rotatable bonds is 12. The number of likely N-dealkylation sites (tertiary alicyclic amines) is 1. The van der Waals surface area contributed by atoms with E-state index < -0.39 is 11.0 Å². The van der Waals surface area contributed by atoms with Crippen molar-refractivity contribution in [1.82, 2.24) is 9.80 Å². The first-order valence-electron chi connectivity index (χ1n) is 16.7. The molecule has 7 heteroatoms. The third kappa shape index (κ3) is 5.71. The molecule has 7 rings (SSSR count). The molecule has 0 aromatic heterocycles. The van der Waals surface area contributed by atoms with Gasteiger partial charge in [0.15, 0.2) is 11.5 Å². The molecule has 43 heavy (non-hydrogen) atoms. The smallest absolute Gasteiger partial charge is 0.165 e. The third-order valence-corrected chi connectivity index (χ3v) is 11.3. The van der Waals surface area contributed by atoms with Gasteiger partial charge in [0.05, 0.1) is 11.0 Å². The molecule has 5 nitrogen and oxygen atoms in total. The monoisotopic (exact) mass is 630 g/mol. The van der Waals surface area contributed by atoms with Crippen LogP contribution >= 0.6 is 24.8 Å². The summed E-state index contributed by atoms with van der Waals surface area (Å²) in [4.78, 5) is 5.35. The zero-order valence-corrected chi connectivity index (χ0v) is 27.7. The molecule has 5 aliphatic rings. The van der Waals surface area contributed by atoms with Crippen molar-refractivity contribution in [2.75, 3.05) is 26.2 Å². The number of ether oxygens (including phenoxy) is 1. The Labute approximate surface area is 271 Å². The number of aliphatic hydroxyl groups is 1. The van der Waals surface area contributed by atoms with E-state index in [-0.39, 0.29) is 48.8 Å². The molecule has 2 aliphatic heterocycles. The Morgan fingerprint density at radius 2 is 1.74 bits per heavy atom. The van der Waals surface area contributed by atoms with Crippen LogP contribution in [-0.2, 0) is 18.3 Å². The average Bonchev–Trinajstić information content (AvgIpc) is 3.70. The Bertz CT molecular complexity index is 1240. The van der Waals surface area contributed by atoms with Crippen LogP contribution in [0.2, 0.25) is 0 Å². The topological polar surface area (TPSA) is 56.2 Å². The summed E-state index contributed by atoms with van der Waals surface area (Å²) in [6.07, 6.45) is 12.3. The summed E-state index contributed by atoms with van der Waals surface area (Å²) in [7, 11) is 0. The van der Waals surface area contributed by atoms with Crippen LogP contribution in [0.3, 0.4) is 0 Å². The number of hydrogen-bond acceptors (Lipinski definition) is 5. The van der Waals surface area contributed by atoms with Gasteiger partial charge < -0.3 is 14.9 Å². The minimum absolute atomic E-state index is 0. The van der Waals surface area contributed by atoms with Crippen molar-refractivity contribution >= 4 is 24.8 Å². The van der Waals surface area contributed by atoms with Crippen molar-refractivity contribution in [2.24, 2.45) is 11.8 Å². The Morgan fingerprint density at radius 1 is 0.977 bits per heavy atom. The fourth-order valence-electron chi connectivity index (χ4n) is 9.33. The van der Waals surface area contributed by atoms with Crippen molar-refractivity contribution < 1.29 is 14.9 Å². The molecule has 2 aromatic carbocycles. The van der Waals surface area contributed by atoms with Gasteiger partial charge in [0.25, 0.3) is 0 Å². The summed E-state index contributed by atoms with van der Waals surface area (Å²) in [5.74, 6) is 2.31. The van der Waals surface area contributed by atoms with Crippen molar-refractivity contribution in [2.45, 2.75) is 114 Å². The van der Waals surface area contributed by atoms with Crippen LogP contribution < -0.4 is 4.74 Å². The van der Waals surface area contributed by atoms with Gasteiger partial charge in [0.1, 0.15) is 6.10 Å². The van der Waals surface area contributed by atoms with Crippen LogP contribution in [0.1, 0.15) is 88.3 Å². The molecular weight excluding hydrogens is 579 g/mol. The number of aryl methyl sites for hydroxylation is 1. The van der Waals surface area contributed by atoms with Gasteiger partial charge in [-0.25, -0.2) is 0 Å². The zero-order valence-electron chi connectivity index (χ0n) is 26.0. The number of hydrogen-bond donors (Lipinski definition) is 2. The summed E-state index contributed by atoms with van der Waals surface area (Å²) in [5.41, 5.74) is 2.67. The fraction of sp³-hybridized carbons (Fsp3) is 0.667. The van der Waals surface area contributed by atoms with E-state index in [1.807, 2.05) is 6.07 Å². The second-order valence-corrected chi connectivity index (χ2v) is 14.4. The van der Waals surface area contributed by atoms with Gasteiger partial charge in [-0.2, -0.15) is 0 Å². The summed E-state index contributed by atoms with van der Waals surface area (Å²) >= 11 is 0. The number of piperidine rings is 1. The van der Waals surface area contributed by atoms with Crippen LogP contribution in [0.5, 0.6) is 11.5 Å². The highest BCUT2D eigenvalue weighted by atomic mass is 35.5. The summed E-state index contributed by atoms with van der Waals surface area (Å²) < 4.78 is 6.90. The molecule has 0 unspecified atom stereocenters. The van der Waals surface area contributed by atoms with Crippen LogP contribution in [0.25, 0.3) is 0 Å². The molecule has 3 fully saturated rings. The number of nitrogens with zero attached hydrogens (tertiary/aromatic N) is 2. The number of benzene rings is 2. The van der Waals surface area contributed by atoms with Crippen molar-refractivity contribution in [3.63, 3.8) is 0 Å².